The number of carboxylic acid groups (broad SMARTS) is 1. The van der Waals surface area contributed by atoms with Crippen LogP contribution in [0.25, 0.3) is 11.1 Å². The molecule has 1 saturated carbocycles. The Hall–Kier alpha value is -4.19. The van der Waals surface area contributed by atoms with Gasteiger partial charge in [-0.2, -0.15) is 0 Å². The Morgan fingerprint density at radius 1 is 0.754 bits per heavy atom. The van der Waals surface area contributed by atoms with Gasteiger partial charge in [0.15, 0.2) is 11.6 Å². The van der Waals surface area contributed by atoms with Crippen molar-refractivity contribution in [2.45, 2.75) is 110 Å². The zero-order valence-electron chi connectivity index (χ0n) is 33.5. The third kappa shape index (κ3) is 8.95. The molecule has 3 aliphatic rings. The van der Waals surface area contributed by atoms with Crippen LogP contribution in [0.3, 0.4) is 0 Å². The van der Waals surface area contributed by atoms with Gasteiger partial charge in [0.05, 0.1) is 38.7 Å². The van der Waals surface area contributed by atoms with Crippen molar-refractivity contribution in [3.05, 3.63) is 80.9 Å². The second-order valence-corrected chi connectivity index (χ2v) is 17.4. The van der Waals surface area contributed by atoms with Crippen LogP contribution in [0.15, 0.2) is 36.4 Å². The number of fused-ring (bicyclic) bond motifs is 2. The highest BCUT2D eigenvalue weighted by Crippen LogP contribution is 2.41. The first-order valence-electron chi connectivity index (χ1n) is 20.6. The van der Waals surface area contributed by atoms with Gasteiger partial charge in [0.2, 0.25) is 0 Å². The second kappa shape index (κ2) is 17.7. The average molecular weight is 817 g/mol. The highest BCUT2D eigenvalue weighted by Gasteiger charge is 2.29. The molecule has 2 aromatic heterocycles. The van der Waals surface area contributed by atoms with Crippen LogP contribution in [-0.2, 0) is 44.7 Å². The number of carboxylic acids is 1. The molecular formula is C44H55Cl2N7O4. The molecule has 0 radical (unpaired) electrons. The summed E-state index contributed by atoms with van der Waals surface area (Å²) in [5.41, 5.74) is 6.20. The lowest BCUT2D eigenvalue weighted by Gasteiger charge is -2.29. The van der Waals surface area contributed by atoms with Crippen molar-refractivity contribution in [1.29, 1.82) is 0 Å². The molecule has 2 amide bonds. The van der Waals surface area contributed by atoms with Crippen LogP contribution in [0.4, 0.5) is 11.4 Å². The van der Waals surface area contributed by atoms with E-state index >= 15 is 0 Å². The summed E-state index contributed by atoms with van der Waals surface area (Å²) in [5, 5.41) is 15.9. The van der Waals surface area contributed by atoms with E-state index in [0.717, 1.165) is 93.5 Å². The molecule has 1 unspecified atom stereocenters. The molecule has 0 bridgehead atoms. The minimum Gasteiger partial charge on any atom is -0.481 e. The number of anilines is 2. The van der Waals surface area contributed by atoms with Crippen LogP contribution in [0.5, 0.6) is 0 Å². The second-order valence-electron chi connectivity index (χ2n) is 16.6. The summed E-state index contributed by atoms with van der Waals surface area (Å²) in [4.78, 5) is 50.6. The molecule has 11 nitrogen and oxygen atoms in total. The quantitative estimate of drug-likeness (QED) is 0.137. The fraction of sp³-hybridized carbons (Fsp3) is 0.523. The topological polar surface area (TPSA) is 134 Å². The van der Waals surface area contributed by atoms with Gasteiger partial charge in [0, 0.05) is 62.2 Å². The number of aliphatic carboxylic acids is 1. The maximum atomic E-state index is 13.8. The minimum atomic E-state index is -0.638. The summed E-state index contributed by atoms with van der Waals surface area (Å²) in [6, 6.07) is 11.2. The molecule has 0 saturated heterocycles. The molecule has 3 N–H and O–H groups in total. The van der Waals surface area contributed by atoms with E-state index in [0.29, 0.717) is 68.6 Å². The summed E-state index contributed by atoms with van der Waals surface area (Å²) in [7, 11) is 3.80. The minimum absolute atomic E-state index is 0.153. The number of amides is 2. The maximum Gasteiger partial charge on any atom is 0.306 e. The van der Waals surface area contributed by atoms with E-state index in [4.69, 9.17) is 33.2 Å². The number of hydrogen-bond acceptors (Lipinski definition) is 6. The van der Waals surface area contributed by atoms with E-state index in [9.17, 15) is 19.5 Å². The first kappa shape index (κ1) is 41.0. The first-order valence-corrected chi connectivity index (χ1v) is 21.4. The number of halogens is 2. The Kier molecular flexibility index (Phi) is 12.8. The van der Waals surface area contributed by atoms with Crippen LogP contribution in [0.2, 0.25) is 10.0 Å². The molecule has 1 atom stereocenters. The van der Waals surface area contributed by atoms with Crippen molar-refractivity contribution in [1.82, 2.24) is 24.0 Å². The van der Waals surface area contributed by atoms with Gasteiger partial charge in [-0.1, -0.05) is 73.2 Å². The molecule has 3 heterocycles. The van der Waals surface area contributed by atoms with Gasteiger partial charge >= 0.3 is 5.97 Å². The van der Waals surface area contributed by atoms with Gasteiger partial charge in [-0.3, -0.25) is 19.3 Å². The van der Waals surface area contributed by atoms with Crippen molar-refractivity contribution in [3.8, 4) is 11.1 Å². The smallest absolute Gasteiger partial charge is 0.306 e. The molecule has 1 fully saturated rings. The highest BCUT2D eigenvalue weighted by molar-refractivity contribution is 6.40. The predicted molar refractivity (Wildman–Crippen MR) is 225 cm³/mol. The van der Waals surface area contributed by atoms with Gasteiger partial charge in [-0.05, 0) is 89.2 Å². The largest absolute Gasteiger partial charge is 0.481 e. The molecule has 304 valence electrons. The molecule has 2 aliphatic carbocycles. The summed E-state index contributed by atoms with van der Waals surface area (Å²) < 4.78 is 3.82. The van der Waals surface area contributed by atoms with Crippen molar-refractivity contribution < 1.29 is 19.5 Å². The summed E-state index contributed by atoms with van der Waals surface area (Å²) in [6.07, 6.45) is 13.1. The lowest BCUT2D eigenvalue weighted by Crippen LogP contribution is -2.36. The van der Waals surface area contributed by atoms with Crippen molar-refractivity contribution in [2.24, 2.45) is 31.8 Å². The molecule has 13 heteroatoms. The number of benzene rings is 2. The SMILES string of the molecule is CC(C)N1CCc2c(nc(C(=O)Nc3cccc(-c4cccc(NC(=O)c5nc6c(n5C)CCC(CCC[C@H]5CC[C@H](C(=O)O)CC5)CCC6)c4Cl)c3Cl)n2C)C1. The summed E-state index contributed by atoms with van der Waals surface area (Å²) >= 11 is 14.0. The van der Waals surface area contributed by atoms with E-state index < -0.39 is 5.97 Å². The van der Waals surface area contributed by atoms with E-state index in [-0.39, 0.29) is 17.7 Å². The number of aromatic nitrogens is 4. The van der Waals surface area contributed by atoms with E-state index in [1.807, 2.05) is 47.5 Å². The fourth-order valence-corrected chi connectivity index (χ4v) is 9.80. The normalized spacial score (nSPS) is 20.0. The standard InChI is InChI=1S/C44H55Cl2N7O4/c1-26(2)53-24-23-37-35(25-53)48-41(52(37)4)43(55)50-34-16-8-13-31(39(34)46)30-12-7-15-33(38(30)45)49-42(54)40-47-32-14-6-11-27(19-22-36(32)51(40)3)9-5-10-28-17-20-29(21-18-28)44(56)57/h7-8,12-13,15-16,26-29H,5-6,9-11,14,17-25H2,1-4H3,(H,49,54)(H,50,55)(H,56,57)/t27?,28-,29-. The molecule has 1 aliphatic heterocycles. The van der Waals surface area contributed by atoms with E-state index in [1.165, 1.54) is 19.3 Å². The molecule has 0 spiro atoms. The molecule has 2 aromatic carbocycles. The highest BCUT2D eigenvalue weighted by atomic mass is 35.5. The number of imidazole rings is 2. The van der Waals surface area contributed by atoms with Gasteiger partial charge in [-0.25, -0.2) is 9.97 Å². The molecule has 4 aromatic rings. The Labute approximate surface area is 345 Å². The average Bonchev–Trinajstić information content (AvgIpc) is 3.68. The number of nitrogens with one attached hydrogen (secondary N) is 2. The van der Waals surface area contributed by atoms with Crippen molar-refractivity contribution >= 4 is 52.4 Å². The number of rotatable bonds is 11. The maximum absolute atomic E-state index is 13.8. The number of carbonyl (C=O) groups excluding carboxylic acids is 2. The fourth-order valence-electron chi connectivity index (χ4n) is 9.25. The van der Waals surface area contributed by atoms with E-state index in [1.54, 1.807) is 12.1 Å². The van der Waals surface area contributed by atoms with Crippen LogP contribution < -0.4 is 10.6 Å². The van der Waals surface area contributed by atoms with Crippen molar-refractivity contribution in [2.75, 3.05) is 17.2 Å². The molecule has 7 rings (SSSR count). The van der Waals surface area contributed by atoms with Crippen LogP contribution in [0.1, 0.15) is 122 Å². The first-order chi connectivity index (χ1) is 27.4. The zero-order chi connectivity index (χ0) is 40.4. The number of hydrogen-bond donors (Lipinski definition) is 3. The molecule has 57 heavy (non-hydrogen) atoms. The Morgan fingerprint density at radius 2 is 1.30 bits per heavy atom. The predicted octanol–water partition coefficient (Wildman–Crippen LogP) is 9.34. The lowest BCUT2D eigenvalue weighted by atomic mass is 9.79. The van der Waals surface area contributed by atoms with Crippen molar-refractivity contribution in [3.63, 3.8) is 0 Å². The summed E-state index contributed by atoms with van der Waals surface area (Å²) in [6.45, 7) is 5.96. The number of nitrogens with zero attached hydrogens (tertiary/aromatic N) is 5. The van der Waals surface area contributed by atoms with Crippen LogP contribution >= 0.6 is 23.2 Å². The Balaban J connectivity index is 0.991. The number of aryl methyl sites for hydroxylation is 1. The lowest BCUT2D eigenvalue weighted by molar-refractivity contribution is -0.143. The third-order valence-corrected chi connectivity index (χ3v) is 13.6. The monoisotopic (exact) mass is 815 g/mol. The number of carbonyl (C=O) groups is 3. The molecular weight excluding hydrogens is 761 g/mol. The van der Waals surface area contributed by atoms with E-state index in [2.05, 4.69) is 29.4 Å². The van der Waals surface area contributed by atoms with Gasteiger partial charge in [0.1, 0.15) is 0 Å². The summed E-state index contributed by atoms with van der Waals surface area (Å²) in [5.74, 6) is 0.510. The zero-order valence-corrected chi connectivity index (χ0v) is 35.1. The van der Waals surface area contributed by atoms with Crippen LogP contribution in [0, 0.1) is 17.8 Å². The Bertz CT molecular complexity index is 2130. The van der Waals surface area contributed by atoms with Gasteiger partial charge in [0.25, 0.3) is 11.8 Å². The Morgan fingerprint density at radius 3 is 1.86 bits per heavy atom. The van der Waals surface area contributed by atoms with Gasteiger partial charge < -0.3 is 24.9 Å². The third-order valence-electron chi connectivity index (χ3n) is 12.7. The van der Waals surface area contributed by atoms with Crippen LogP contribution in [-0.4, -0.2) is 59.5 Å². The van der Waals surface area contributed by atoms with Gasteiger partial charge in [-0.15, -0.1) is 0 Å².